The summed E-state index contributed by atoms with van der Waals surface area (Å²) >= 11 is 0. The lowest BCUT2D eigenvalue weighted by molar-refractivity contribution is 0.0774. The second-order valence-corrected chi connectivity index (χ2v) is 10.4. The number of para-hydroxylation sites is 2. The molecule has 1 amide bonds. The molecule has 2 aliphatic heterocycles. The summed E-state index contributed by atoms with van der Waals surface area (Å²) in [7, 11) is 0. The van der Waals surface area contributed by atoms with Gasteiger partial charge in [0.15, 0.2) is 0 Å². The smallest absolute Gasteiger partial charge is 0.256 e. The highest BCUT2D eigenvalue weighted by Gasteiger charge is 2.32. The van der Waals surface area contributed by atoms with Crippen LogP contribution in [0.15, 0.2) is 65.7 Å². The number of aliphatic imine (C=N–C) groups is 1. The van der Waals surface area contributed by atoms with Crippen LogP contribution >= 0.6 is 0 Å². The Bertz CT molecular complexity index is 1410. The third-order valence-electron chi connectivity index (χ3n) is 7.93. The van der Waals surface area contributed by atoms with Crippen LogP contribution in [0.5, 0.6) is 5.75 Å². The van der Waals surface area contributed by atoms with Crippen molar-refractivity contribution in [3.63, 3.8) is 0 Å². The third-order valence-corrected chi connectivity index (χ3v) is 7.93. The number of amides is 1. The van der Waals surface area contributed by atoms with Crippen LogP contribution in [0.3, 0.4) is 0 Å². The number of carbonyl (C=O) groups is 1. The maximum absolute atomic E-state index is 13.0. The van der Waals surface area contributed by atoms with E-state index in [1.54, 1.807) is 0 Å². The second-order valence-electron chi connectivity index (χ2n) is 10.4. The molecule has 1 fully saturated rings. The molecular formula is C32H35N3O2. The van der Waals surface area contributed by atoms with Crippen molar-refractivity contribution in [2.45, 2.75) is 64.5 Å². The number of nitrogens with zero attached hydrogens (tertiary/aromatic N) is 3. The van der Waals surface area contributed by atoms with Crippen molar-refractivity contribution < 1.29 is 9.53 Å². The van der Waals surface area contributed by atoms with Gasteiger partial charge in [0.05, 0.1) is 23.9 Å². The lowest BCUT2D eigenvalue weighted by atomic mass is 10.1. The number of rotatable bonds is 9. The zero-order chi connectivity index (χ0) is 25.2. The standard InChI is InChI=1S/C32H35N3O2/c1-23-20-27-28(33-22-24-12-11-18-34(24)32(27)36)21-31(23)37-19-10-4-2-3-9-17-35-29-15-7-5-13-25(29)26-14-6-8-16-30(26)35/h5-8,13-16,20-22,24H,2-4,9-12,17-19H2,1H3/t24-/m0/s1. The zero-order valence-corrected chi connectivity index (χ0v) is 21.7. The van der Waals surface area contributed by atoms with Gasteiger partial charge in [-0.05, 0) is 56.4 Å². The largest absolute Gasteiger partial charge is 0.493 e. The van der Waals surface area contributed by atoms with Crippen LogP contribution in [0.4, 0.5) is 5.69 Å². The Morgan fingerprint density at radius 3 is 2.41 bits per heavy atom. The van der Waals surface area contributed by atoms with Gasteiger partial charge in [-0.2, -0.15) is 0 Å². The zero-order valence-electron chi connectivity index (χ0n) is 21.7. The van der Waals surface area contributed by atoms with Crippen LogP contribution in [-0.2, 0) is 6.54 Å². The first-order valence-electron chi connectivity index (χ1n) is 13.8. The normalized spacial score (nSPS) is 16.8. The summed E-state index contributed by atoms with van der Waals surface area (Å²) in [4.78, 5) is 19.6. The van der Waals surface area contributed by atoms with E-state index in [4.69, 9.17) is 4.74 Å². The van der Waals surface area contributed by atoms with Gasteiger partial charge in [0.25, 0.3) is 5.91 Å². The van der Waals surface area contributed by atoms with Gasteiger partial charge in [-0.25, -0.2) is 0 Å². The second kappa shape index (κ2) is 10.4. The number of hydrogen-bond donors (Lipinski definition) is 0. The molecule has 1 saturated heterocycles. The first kappa shape index (κ1) is 23.8. The summed E-state index contributed by atoms with van der Waals surface area (Å²) in [6, 6.07) is 21.5. The van der Waals surface area contributed by atoms with E-state index in [1.807, 2.05) is 30.2 Å². The van der Waals surface area contributed by atoms with Gasteiger partial charge in [-0.3, -0.25) is 9.79 Å². The molecule has 190 valence electrons. The van der Waals surface area contributed by atoms with Gasteiger partial charge in [0.1, 0.15) is 5.75 Å². The number of unbranched alkanes of at least 4 members (excludes halogenated alkanes) is 4. The van der Waals surface area contributed by atoms with E-state index >= 15 is 0 Å². The van der Waals surface area contributed by atoms with Crippen molar-refractivity contribution in [3.05, 3.63) is 71.8 Å². The Morgan fingerprint density at radius 2 is 1.62 bits per heavy atom. The Balaban J connectivity index is 0.984. The van der Waals surface area contributed by atoms with Crippen molar-refractivity contribution in [3.8, 4) is 5.75 Å². The van der Waals surface area contributed by atoms with Crippen molar-refractivity contribution in [2.24, 2.45) is 4.99 Å². The minimum absolute atomic E-state index is 0.102. The number of ether oxygens (including phenoxy) is 1. The maximum atomic E-state index is 13.0. The first-order chi connectivity index (χ1) is 18.2. The van der Waals surface area contributed by atoms with Crippen LogP contribution in [-0.4, -0.2) is 40.8 Å². The molecular weight excluding hydrogens is 458 g/mol. The molecule has 0 radical (unpaired) electrons. The van der Waals surface area contributed by atoms with Gasteiger partial charge >= 0.3 is 0 Å². The molecule has 4 aromatic rings. The lowest BCUT2D eigenvalue weighted by Crippen LogP contribution is -2.35. The van der Waals surface area contributed by atoms with Gasteiger partial charge in [0, 0.05) is 47.2 Å². The van der Waals surface area contributed by atoms with E-state index in [1.165, 1.54) is 41.1 Å². The van der Waals surface area contributed by atoms with E-state index in [2.05, 4.69) is 58.1 Å². The number of aromatic nitrogens is 1. The molecule has 0 aliphatic carbocycles. The van der Waals surface area contributed by atoms with E-state index in [0.29, 0.717) is 12.2 Å². The van der Waals surface area contributed by atoms with Crippen LogP contribution in [0.2, 0.25) is 0 Å². The Morgan fingerprint density at radius 1 is 0.919 bits per heavy atom. The summed E-state index contributed by atoms with van der Waals surface area (Å²) < 4.78 is 8.61. The first-order valence-corrected chi connectivity index (χ1v) is 13.8. The molecule has 0 spiro atoms. The van der Waals surface area contributed by atoms with Gasteiger partial charge in [-0.1, -0.05) is 55.7 Å². The minimum atomic E-state index is 0.102. The molecule has 5 heteroatoms. The highest BCUT2D eigenvalue weighted by atomic mass is 16.5. The molecule has 6 rings (SSSR count). The SMILES string of the molecule is Cc1cc2c(cc1OCCCCCCCn1c3ccccc3c3ccccc31)N=C[C@@H]1CCCN1C2=O. The van der Waals surface area contributed by atoms with Crippen LogP contribution in [0.25, 0.3) is 21.8 Å². The fourth-order valence-electron chi connectivity index (χ4n) is 5.96. The molecule has 5 nitrogen and oxygen atoms in total. The molecule has 0 saturated carbocycles. The molecule has 0 N–H and O–H groups in total. The summed E-state index contributed by atoms with van der Waals surface area (Å²) in [5.41, 5.74) is 5.12. The van der Waals surface area contributed by atoms with Gasteiger partial charge in [-0.15, -0.1) is 0 Å². The highest BCUT2D eigenvalue weighted by Crippen LogP contribution is 2.34. The average Bonchev–Trinajstić information content (AvgIpc) is 3.49. The van der Waals surface area contributed by atoms with E-state index in [9.17, 15) is 4.79 Å². The summed E-state index contributed by atoms with van der Waals surface area (Å²) in [5, 5.41) is 2.69. The molecule has 3 aromatic carbocycles. The van der Waals surface area contributed by atoms with Crippen LogP contribution in [0.1, 0.15) is 60.9 Å². The molecule has 1 atom stereocenters. The topological polar surface area (TPSA) is 46.8 Å². The summed E-state index contributed by atoms with van der Waals surface area (Å²) in [6.07, 6.45) is 9.79. The predicted octanol–water partition coefficient (Wildman–Crippen LogP) is 7.45. The van der Waals surface area contributed by atoms with Gasteiger partial charge in [0.2, 0.25) is 0 Å². The number of fused-ring (bicyclic) bond motifs is 5. The summed E-state index contributed by atoms with van der Waals surface area (Å²) in [5.74, 6) is 0.947. The summed E-state index contributed by atoms with van der Waals surface area (Å²) in [6.45, 7) is 4.59. The van der Waals surface area contributed by atoms with Crippen molar-refractivity contribution in [2.75, 3.05) is 13.2 Å². The van der Waals surface area contributed by atoms with E-state index < -0.39 is 0 Å². The Kier molecular flexibility index (Phi) is 6.69. The fraction of sp³-hybridized carbons (Fsp3) is 0.375. The van der Waals surface area contributed by atoms with Crippen LogP contribution in [0, 0.1) is 6.92 Å². The molecule has 3 heterocycles. The van der Waals surface area contributed by atoms with Crippen molar-refractivity contribution in [1.82, 2.24) is 9.47 Å². The molecule has 0 bridgehead atoms. The number of hydrogen-bond acceptors (Lipinski definition) is 3. The monoisotopic (exact) mass is 493 g/mol. The number of benzene rings is 3. The third kappa shape index (κ3) is 4.63. The van der Waals surface area contributed by atoms with Crippen LogP contribution < -0.4 is 4.74 Å². The molecule has 37 heavy (non-hydrogen) atoms. The number of carbonyl (C=O) groups excluding carboxylic acids is 1. The lowest BCUT2D eigenvalue weighted by Gasteiger charge is -2.20. The number of aryl methyl sites for hydroxylation is 2. The molecule has 1 aromatic heterocycles. The highest BCUT2D eigenvalue weighted by molar-refractivity contribution is 6.08. The minimum Gasteiger partial charge on any atom is -0.493 e. The van der Waals surface area contributed by atoms with Crippen molar-refractivity contribution >= 4 is 39.6 Å². The molecule has 0 unspecified atom stereocenters. The molecule has 2 aliphatic rings. The van der Waals surface area contributed by atoms with Crippen molar-refractivity contribution in [1.29, 1.82) is 0 Å². The Labute approximate surface area is 218 Å². The fourth-order valence-corrected chi connectivity index (χ4v) is 5.96. The van der Waals surface area contributed by atoms with E-state index in [-0.39, 0.29) is 11.9 Å². The maximum Gasteiger partial charge on any atom is 0.256 e. The average molecular weight is 494 g/mol. The van der Waals surface area contributed by atoms with Gasteiger partial charge < -0.3 is 14.2 Å². The predicted molar refractivity (Wildman–Crippen MR) is 151 cm³/mol. The van der Waals surface area contributed by atoms with E-state index in [0.717, 1.165) is 55.8 Å². The quantitative estimate of drug-likeness (QED) is 0.227. The Hall–Kier alpha value is -3.60.